The molecule has 0 bridgehead atoms. The molecule has 0 unspecified atom stereocenters. The summed E-state index contributed by atoms with van der Waals surface area (Å²) in [5, 5.41) is 5.74. The smallest absolute Gasteiger partial charge is 0.223 e. The van der Waals surface area contributed by atoms with Crippen LogP contribution in [-0.2, 0) is 23.9 Å². The number of amides is 2. The number of carbonyl (C=O) groups excluding carboxylic acids is 3. The van der Waals surface area contributed by atoms with Gasteiger partial charge in [-0.15, -0.1) is 0 Å². The minimum absolute atomic E-state index is 0.0229. The van der Waals surface area contributed by atoms with Crippen LogP contribution in [0, 0.1) is 11.8 Å². The number of Topliss-reactive ketones (excluding diaryl/α,β-unsaturated/α-hetero) is 1. The van der Waals surface area contributed by atoms with Gasteiger partial charge < -0.3 is 20.1 Å². The van der Waals surface area contributed by atoms with Gasteiger partial charge in [0.15, 0.2) is 0 Å². The van der Waals surface area contributed by atoms with E-state index < -0.39 is 0 Å². The Morgan fingerprint density at radius 1 is 1.04 bits per heavy atom. The Labute approximate surface area is 150 Å². The molecule has 7 heteroatoms. The van der Waals surface area contributed by atoms with Crippen LogP contribution in [0.25, 0.3) is 0 Å². The van der Waals surface area contributed by atoms with Crippen molar-refractivity contribution in [2.24, 2.45) is 11.8 Å². The predicted molar refractivity (Wildman–Crippen MR) is 94.1 cm³/mol. The van der Waals surface area contributed by atoms with Gasteiger partial charge in [0.2, 0.25) is 11.8 Å². The van der Waals surface area contributed by atoms with Crippen molar-refractivity contribution in [3.63, 3.8) is 0 Å². The second-order valence-electron chi connectivity index (χ2n) is 6.65. The van der Waals surface area contributed by atoms with Gasteiger partial charge in [-0.05, 0) is 19.8 Å². The highest BCUT2D eigenvalue weighted by molar-refractivity contribution is 5.81. The number of rotatable bonds is 13. The second kappa shape index (κ2) is 12.0. The number of ether oxygens (including phenoxy) is 2. The van der Waals surface area contributed by atoms with Gasteiger partial charge in [-0.2, -0.15) is 0 Å². The molecular weight excluding hydrogens is 324 g/mol. The summed E-state index contributed by atoms with van der Waals surface area (Å²) in [6, 6.07) is 0.0673. The Bertz CT molecular complexity index is 433. The van der Waals surface area contributed by atoms with Crippen LogP contribution in [0.5, 0.6) is 0 Å². The Balaban J connectivity index is 2.00. The van der Waals surface area contributed by atoms with Crippen molar-refractivity contribution < 1.29 is 23.9 Å². The fraction of sp³-hybridized carbons (Fsp3) is 0.833. The predicted octanol–water partition coefficient (Wildman–Crippen LogP) is 1.06. The maximum absolute atomic E-state index is 11.8. The zero-order valence-electron chi connectivity index (χ0n) is 15.6. The van der Waals surface area contributed by atoms with E-state index in [0.29, 0.717) is 52.2 Å². The molecular formula is C18H32N2O5. The van der Waals surface area contributed by atoms with Crippen LogP contribution in [-0.4, -0.2) is 56.6 Å². The average molecular weight is 356 g/mol. The molecule has 0 aromatic heterocycles. The van der Waals surface area contributed by atoms with E-state index in [1.54, 1.807) is 0 Å². The molecule has 0 spiro atoms. The highest BCUT2D eigenvalue weighted by atomic mass is 16.5. The van der Waals surface area contributed by atoms with Crippen LogP contribution in [0.1, 0.15) is 46.5 Å². The van der Waals surface area contributed by atoms with E-state index in [1.807, 2.05) is 20.8 Å². The Hall–Kier alpha value is -1.47. The lowest BCUT2D eigenvalue weighted by Crippen LogP contribution is -2.49. The van der Waals surface area contributed by atoms with Crippen LogP contribution in [0.3, 0.4) is 0 Å². The molecule has 0 radical (unpaired) electrons. The zero-order valence-corrected chi connectivity index (χ0v) is 15.6. The van der Waals surface area contributed by atoms with Gasteiger partial charge in [-0.1, -0.05) is 13.8 Å². The van der Waals surface area contributed by atoms with E-state index in [4.69, 9.17) is 9.47 Å². The van der Waals surface area contributed by atoms with Crippen LogP contribution in [0.15, 0.2) is 0 Å². The first-order chi connectivity index (χ1) is 11.9. The van der Waals surface area contributed by atoms with E-state index >= 15 is 0 Å². The van der Waals surface area contributed by atoms with Crippen LogP contribution in [0.4, 0.5) is 0 Å². The van der Waals surface area contributed by atoms with Gasteiger partial charge in [-0.25, -0.2) is 0 Å². The Morgan fingerprint density at radius 3 is 2.36 bits per heavy atom. The monoisotopic (exact) mass is 356 g/mol. The van der Waals surface area contributed by atoms with Crippen LogP contribution >= 0.6 is 0 Å². The molecule has 0 heterocycles. The third-order valence-electron chi connectivity index (χ3n) is 4.23. The molecule has 0 saturated heterocycles. The summed E-state index contributed by atoms with van der Waals surface area (Å²) >= 11 is 0. The molecule has 1 fully saturated rings. The Kier molecular flexibility index (Phi) is 10.3. The molecule has 144 valence electrons. The van der Waals surface area contributed by atoms with Crippen molar-refractivity contribution in [3.05, 3.63) is 0 Å². The second-order valence-corrected chi connectivity index (χ2v) is 6.65. The topological polar surface area (TPSA) is 93.7 Å². The summed E-state index contributed by atoms with van der Waals surface area (Å²) < 4.78 is 10.5. The normalized spacial score (nSPS) is 19.4. The quantitative estimate of drug-likeness (QED) is 0.481. The molecule has 1 saturated carbocycles. The molecule has 2 amide bonds. The standard InChI is InChI=1S/C18H32N2O5/c1-4-24-10-7-19-18(23)14-11-15(12-14)20-17(22)6-9-25-8-5-16(21)13(2)3/h13-15H,4-12H2,1-3H3,(H,19,23)(H,20,22)/t14-,15+. The molecule has 7 nitrogen and oxygen atoms in total. The molecule has 1 aliphatic carbocycles. The maximum atomic E-state index is 11.8. The van der Waals surface area contributed by atoms with E-state index in [2.05, 4.69) is 10.6 Å². The van der Waals surface area contributed by atoms with Crippen molar-refractivity contribution in [3.8, 4) is 0 Å². The lowest BCUT2D eigenvalue weighted by molar-refractivity contribution is -0.131. The average Bonchev–Trinajstić information content (AvgIpc) is 2.53. The largest absolute Gasteiger partial charge is 0.380 e. The zero-order chi connectivity index (χ0) is 18.7. The number of carbonyl (C=O) groups is 3. The molecule has 1 aliphatic rings. The molecule has 0 atom stereocenters. The lowest BCUT2D eigenvalue weighted by Gasteiger charge is -2.34. The van der Waals surface area contributed by atoms with Gasteiger partial charge in [-0.3, -0.25) is 14.4 Å². The van der Waals surface area contributed by atoms with E-state index in [9.17, 15) is 14.4 Å². The summed E-state index contributed by atoms with van der Waals surface area (Å²) in [6.07, 6.45) is 2.02. The summed E-state index contributed by atoms with van der Waals surface area (Å²) in [6.45, 7) is 8.00. The molecule has 2 N–H and O–H groups in total. The third-order valence-corrected chi connectivity index (χ3v) is 4.23. The van der Waals surface area contributed by atoms with Gasteiger partial charge in [0.05, 0.1) is 19.8 Å². The van der Waals surface area contributed by atoms with Gasteiger partial charge in [0.25, 0.3) is 0 Å². The fourth-order valence-corrected chi connectivity index (χ4v) is 2.51. The first-order valence-electron chi connectivity index (χ1n) is 9.19. The minimum Gasteiger partial charge on any atom is -0.380 e. The number of hydrogen-bond acceptors (Lipinski definition) is 5. The summed E-state index contributed by atoms with van der Waals surface area (Å²) in [5.41, 5.74) is 0. The summed E-state index contributed by atoms with van der Waals surface area (Å²) in [4.78, 5) is 35.1. The van der Waals surface area contributed by atoms with E-state index in [0.717, 1.165) is 0 Å². The number of nitrogens with one attached hydrogen (secondary N) is 2. The molecule has 0 aromatic carbocycles. The SMILES string of the molecule is CCOCCNC(=O)[C@H]1C[C@@H](NC(=O)CCOCCC(=O)C(C)C)C1. The molecule has 1 rings (SSSR count). The van der Waals surface area contributed by atoms with Gasteiger partial charge >= 0.3 is 0 Å². The first-order valence-corrected chi connectivity index (χ1v) is 9.19. The highest BCUT2D eigenvalue weighted by Gasteiger charge is 2.34. The van der Waals surface area contributed by atoms with Crippen molar-refractivity contribution in [1.82, 2.24) is 10.6 Å². The van der Waals surface area contributed by atoms with E-state index in [1.165, 1.54) is 0 Å². The summed E-state index contributed by atoms with van der Waals surface area (Å²) in [5.74, 6) is 0.128. The summed E-state index contributed by atoms with van der Waals surface area (Å²) in [7, 11) is 0. The molecule has 25 heavy (non-hydrogen) atoms. The van der Waals surface area contributed by atoms with Crippen molar-refractivity contribution in [2.45, 2.75) is 52.5 Å². The lowest BCUT2D eigenvalue weighted by atomic mass is 9.79. The van der Waals surface area contributed by atoms with Crippen LogP contribution < -0.4 is 10.6 Å². The van der Waals surface area contributed by atoms with Gasteiger partial charge in [0.1, 0.15) is 5.78 Å². The first kappa shape index (κ1) is 21.6. The minimum atomic E-state index is -0.0737. The number of hydrogen-bond donors (Lipinski definition) is 2. The van der Waals surface area contributed by atoms with Crippen molar-refractivity contribution in [1.29, 1.82) is 0 Å². The number of ketones is 1. The third kappa shape index (κ3) is 8.97. The molecule has 0 aromatic rings. The van der Waals surface area contributed by atoms with E-state index in [-0.39, 0.29) is 41.9 Å². The highest BCUT2D eigenvalue weighted by Crippen LogP contribution is 2.27. The fourth-order valence-electron chi connectivity index (χ4n) is 2.51. The van der Waals surface area contributed by atoms with Crippen LogP contribution in [0.2, 0.25) is 0 Å². The molecule has 0 aliphatic heterocycles. The van der Waals surface area contributed by atoms with Crippen molar-refractivity contribution >= 4 is 17.6 Å². The maximum Gasteiger partial charge on any atom is 0.223 e. The Morgan fingerprint density at radius 2 is 1.72 bits per heavy atom. The van der Waals surface area contributed by atoms with Gasteiger partial charge in [0, 0.05) is 43.9 Å². The van der Waals surface area contributed by atoms with Crippen molar-refractivity contribution in [2.75, 3.05) is 33.0 Å².